The van der Waals surface area contributed by atoms with Crippen molar-refractivity contribution in [3.05, 3.63) is 70.2 Å². The lowest BCUT2D eigenvalue weighted by molar-refractivity contribution is 0.102. The summed E-state index contributed by atoms with van der Waals surface area (Å²) >= 11 is 1.00. The van der Waals surface area contributed by atoms with Crippen molar-refractivity contribution in [1.29, 1.82) is 0 Å². The van der Waals surface area contributed by atoms with Crippen LogP contribution in [0.2, 0.25) is 0 Å². The zero-order chi connectivity index (χ0) is 21.9. The van der Waals surface area contributed by atoms with E-state index >= 15 is 0 Å². The number of sulfonamides is 1. The monoisotopic (exact) mass is 448 g/mol. The van der Waals surface area contributed by atoms with Crippen LogP contribution in [0.3, 0.4) is 0 Å². The van der Waals surface area contributed by atoms with E-state index in [9.17, 15) is 17.6 Å². The van der Waals surface area contributed by atoms with Crippen LogP contribution in [0.5, 0.6) is 5.75 Å². The Bertz CT molecular complexity index is 1160. The number of ether oxygens (including phenoxy) is 1. The first-order chi connectivity index (χ1) is 14.2. The summed E-state index contributed by atoms with van der Waals surface area (Å²) < 4.78 is 46.5. The van der Waals surface area contributed by atoms with Crippen molar-refractivity contribution in [2.75, 3.05) is 23.3 Å². The van der Waals surface area contributed by atoms with Crippen LogP contribution in [0.4, 0.5) is 15.8 Å². The Kier molecular flexibility index (Phi) is 6.42. The predicted molar refractivity (Wildman–Crippen MR) is 117 cm³/mol. The minimum Gasteiger partial charge on any atom is -0.494 e. The highest BCUT2D eigenvalue weighted by molar-refractivity contribution is 7.93. The Morgan fingerprint density at radius 2 is 1.87 bits per heavy atom. The van der Waals surface area contributed by atoms with Crippen molar-refractivity contribution in [2.45, 2.75) is 18.7 Å². The zero-order valence-corrected chi connectivity index (χ0v) is 18.3. The van der Waals surface area contributed by atoms with E-state index in [1.54, 1.807) is 37.3 Å². The normalized spacial score (nSPS) is 11.2. The summed E-state index contributed by atoms with van der Waals surface area (Å²) in [6, 6.07) is 12.3. The third-order valence-corrected chi connectivity index (χ3v) is 7.29. The molecule has 0 radical (unpaired) electrons. The van der Waals surface area contributed by atoms with Crippen LogP contribution in [-0.2, 0) is 10.0 Å². The molecule has 1 aromatic heterocycles. The second-order valence-corrected chi connectivity index (χ2v) is 9.29. The van der Waals surface area contributed by atoms with Crippen LogP contribution in [-0.4, -0.2) is 28.0 Å². The Morgan fingerprint density at radius 1 is 1.17 bits per heavy atom. The van der Waals surface area contributed by atoms with Gasteiger partial charge in [-0.25, -0.2) is 12.8 Å². The molecule has 0 fully saturated rings. The molecule has 158 valence electrons. The number of hydrogen-bond acceptors (Lipinski definition) is 5. The van der Waals surface area contributed by atoms with Crippen LogP contribution in [0.25, 0.3) is 0 Å². The fourth-order valence-electron chi connectivity index (χ4n) is 2.73. The smallest absolute Gasteiger partial charge is 0.267 e. The molecule has 0 saturated heterocycles. The summed E-state index contributed by atoms with van der Waals surface area (Å²) in [5.41, 5.74) is 1.13. The molecule has 0 spiro atoms. The standard InChI is InChI=1S/C21H21FN2O4S2/c1-4-28-17-9-7-16(8-10-17)24(3)30(26,27)19-11-12-29-20(19)21(25)23-15-6-5-14(2)18(22)13-15/h5-13H,4H2,1-3H3,(H,23,25). The van der Waals surface area contributed by atoms with Gasteiger partial charge in [0.2, 0.25) is 0 Å². The van der Waals surface area contributed by atoms with E-state index in [1.165, 1.54) is 30.6 Å². The van der Waals surface area contributed by atoms with Crippen LogP contribution >= 0.6 is 11.3 Å². The van der Waals surface area contributed by atoms with Gasteiger partial charge in [-0.2, -0.15) is 0 Å². The van der Waals surface area contributed by atoms with Crippen LogP contribution in [0, 0.1) is 12.7 Å². The number of nitrogens with zero attached hydrogens (tertiary/aromatic N) is 1. The molecule has 0 aliphatic carbocycles. The second-order valence-electron chi connectivity index (χ2n) is 6.43. The highest BCUT2D eigenvalue weighted by Crippen LogP contribution is 2.29. The zero-order valence-electron chi connectivity index (χ0n) is 16.7. The van der Waals surface area contributed by atoms with Gasteiger partial charge in [0.25, 0.3) is 15.9 Å². The van der Waals surface area contributed by atoms with E-state index in [4.69, 9.17) is 4.74 Å². The minimum absolute atomic E-state index is 0.0220. The van der Waals surface area contributed by atoms with Gasteiger partial charge >= 0.3 is 0 Å². The first kappa shape index (κ1) is 21.8. The third-order valence-electron chi connectivity index (χ3n) is 4.41. The van der Waals surface area contributed by atoms with E-state index in [1.807, 2.05) is 6.92 Å². The number of thiophene rings is 1. The highest BCUT2D eigenvalue weighted by atomic mass is 32.2. The molecule has 1 amide bonds. The molecule has 3 aromatic rings. The average molecular weight is 449 g/mol. The van der Waals surface area contributed by atoms with Gasteiger partial charge in [0.15, 0.2) is 0 Å². The molecule has 9 heteroatoms. The van der Waals surface area contributed by atoms with Crippen molar-refractivity contribution >= 4 is 38.6 Å². The number of carbonyl (C=O) groups is 1. The van der Waals surface area contributed by atoms with Gasteiger partial charge in [0, 0.05) is 12.7 Å². The Hall–Kier alpha value is -2.91. The summed E-state index contributed by atoms with van der Waals surface area (Å²) in [6.07, 6.45) is 0. The third kappa shape index (κ3) is 4.47. The Balaban J connectivity index is 1.86. The van der Waals surface area contributed by atoms with Crippen LogP contribution in [0.15, 0.2) is 58.8 Å². The maximum absolute atomic E-state index is 13.8. The number of halogens is 1. The molecular formula is C21H21FN2O4S2. The summed E-state index contributed by atoms with van der Waals surface area (Å²) in [5.74, 6) is -0.443. The van der Waals surface area contributed by atoms with Crippen molar-refractivity contribution in [3.8, 4) is 5.75 Å². The molecular weight excluding hydrogens is 427 g/mol. The molecule has 30 heavy (non-hydrogen) atoms. The number of amides is 1. The molecule has 0 aliphatic heterocycles. The van der Waals surface area contributed by atoms with Gasteiger partial charge in [-0.05, 0) is 67.3 Å². The molecule has 0 bridgehead atoms. The molecule has 0 saturated carbocycles. The molecule has 0 unspecified atom stereocenters. The van der Waals surface area contributed by atoms with Gasteiger partial charge < -0.3 is 10.1 Å². The summed E-state index contributed by atoms with van der Waals surface area (Å²) in [6.45, 7) is 3.98. The lowest BCUT2D eigenvalue weighted by Crippen LogP contribution is -2.28. The maximum Gasteiger partial charge on any atom is 0.267 e. The fourth-order valence-corrected chi connectivity index (χ4v) is 5.22. The molecule has 1 heterocycles. The molecule has 3 rings (SSSR count). The van der Waals surface area contributed by atoms with Gasteiger partial charge in [-0.1, -0.05) is 6.07 Å². The number of rotatable bonds is 7. The lowest BCUT2D eigenvalue weighted by Gasteiger charge is -2.20. The first-order valence-electron chi connectivity index (χ1n) is 9.11. The number of nitrogens with one attached hydrogen (secondary N) is 1. The number of benzene rings is 2. The van der Waals surface area contributed by atoms with E-state index in [0.717, 1.165) is 15.6 Å². The molecule has 0 atom stereocenters. The van der Waals surface area contributed by atoms with Crippen molar-refractivity contribution in [1.82, 2.24) is 0 Å². The van der Waals surface area contributed by atoms with Gasteiger partial charge in [-0.3, -0.25) is 9.10 Å². The van der Waals surface area contributed by atoms with E-state index < -0.39 is 21.7 Å². The predicted octanol–water partition coefficient (Wildman–Crippen LogP) is 4.67. The largest absolute Gasteiger partial charge is 0.494 e. The SMILES string of the molecule is CCOc1ccc(N(C)S(=O)(=O)c2ccsc2C(=O)Nc2ccc(C)c(F)c2)cc1. The minimum atomic E-state index is -3.99. The topological polar surface area (TPSA) is 75.7 Å². The Labute approximate surface area is 179 Å². The van der Waals surface area contributed by atoms with Crippen LogP contribution in [0.1, 0.15) is 22.2 Å². The van der Waals surface area contributed by atoms with Crippen molar-refractivity contribution in [2.24, 2.45) is 0 Å². The molecule has 6 nitrogen and oxygen atoms in total. The van der Waals surface area contributed by atoms with E-state index in [2.05, 4.69) is 5.32 Å². The summed E-state index contributed by atoms with van der Waals surface area (Å²) in [5, 5.41) is 4.09. The highest BCUT2D eigenvalue weighted by Gasteiger charge is 2.28. The fraction of sp³-hybridized carbons (Fsp3) is 0.190. The number of aryl methyl sites for hydroxylation is 1. The number of anilines is 2. The first-order valence-corrected chi connectivity index (χ1v) is 11.4. The summed E-state index contributed by atoms with van der Waals surface area (Å²) in [4.78, 5) is 12.6. The summed E-state index contributed by atoms with van der Waals surface area (Å²) in [7, 11) is -2.57. The van der Waals surface area contributed by atoms with E-state index in [0.29, 0.717) is 23.6 Å². The quantitative estimate of drug-likeness (QED) is 0.570. The molecule has 1 N–H and O–H groups in total. The number of carbonyl (C=O) groups excluding carboxylic acids is 1. The molecule has 2 aromatic carbocycles. The Morgan fingerprint density at radius 3 is 2.50 bits per heavy atom. The van der Waals surface area contributed by atoms with Gasteiger partial charge in [0.1, 0.15) is 21.3 Å². The number of hydrogen-bond donors (Lipinski definition) is 1. The average Bonchev–Trinajstić information content (AvgIpc) is 3.22. The van der Waals surface area contributed by atoms with Crippen molar-refractivity contribution in [3.63, 3.8) is 0 Å². The molecule has 0 aliphatic rings. The van der Waals surface area contributed by atoms with Crippen molar-refractivity contribution < 1.29 is 22.3 Å². The van der Waals surface area contributed by atoms with Gasteiger partial charge in [-0.15, -0.1) is 11.3 Å². The van der Waals surface area contributed by atoms with Gasteiger partial charge in [0.05, 0.1) is 12.3 Å². The van der Waals surface area contributed by atoms with Crippen LogP contribution < -0.4 is 14.4 Å². The lowest BCUT2D eigenvalue weighted by atomic mass is 10.2. The second kappa shape index (κ2) is 8.85. The van der Waals surface area contributed by atoms with E-state index in [-0.39, 0.29) is 15.5 Å². The maximum atomic E-state index is 13.8.